The molecule has 15 heavy (non-hydrogen) atoms. The molecule has 0 fully saturated rings. The van der Waals surface area contributed by atoms with E-state index in [1.165, 1.54) is 11.1 Å². The molecule has 78 valence electrons. The number of ether oxygens (including phenoxy) is 1. The van der Waals surface area contributed by atoms with Crippen LogP contribution in [-0.4, -0.2) is 0 Å². The molecule has 0 N–H and O–H groups in total. The molecule has 0 aliphatic heterocycles. The molecule has 1 aromatic carbocycles. The number of allylic oxidation sites excluding steroid dienone is 3. The Bertz CT molecular complexity index is 374. The van der Waals surface area contributed by atoms with Gasteiger partial charge in [-0.05, 0) is 37.0 Å². The topological polar surface area (TPSA) is 9.23 Å². The van der Waals surface area contributed by atoms with Crippen LogP contribution in [0.5, 0.6) is 0 Å². The zero-order chi connectivity index (χ0) is 10.5. The van der Waals surface area contributed by atoms with E-state index in [9.17, 15) is 0 Å². The van der Waals surface area contributed by atoms with Gasteiger partial charge in [-0.15, -0.1) is 0 Å². The molecule has 1 heteroatoms. The highest BCUT2D eigenvalue weighted by Gasteiger charge is 2.04. The maximum Gasteiger partial charge on any atom is 0.118 e. The third kappa shape index (κ3) is 2.72. The van der Waals surface area contributed by atoms with Gasteiger partial charge in [-0.3, -0.25) is 0 Å². The SMILES string of the molecule is CC1=C(OCc2ccccc2)C=CCC1. The number of hydrogen-bond acceptors (Lipinski definition) is 1. The van der Waals surface area contributed by atoms with E-state index in [1.807, 2.05) is 18.2 Å². The van der Waals surface area contributed by atoms with Crippen LogP contribution in [-0.2, 0) is 11.3 Å². The fourth-order valence-corrected chi connectivity index (χ4v) is 1.66. The minimum absolute atomic E-state index is 0.665. The third-order valence-electron chi connectivity index (χ3n) is 2.61. The molecule has 0 atom stereocenters. The van der Waals surface area contributed by atoms with Gasteiger partial charge in [0.15, 0.2) is 0 Å². The average Bonchev–Trinajstić information content (AvgIpc) is 2.29. The number of hydrogen-bond donors (Lipinski definition) is 0. The van der Waals surface area contributed by atoms with E-state index < -0.39 is 0 Å². The Morgan fingerprint density at radius 1 is 1.20 bits per heavy atom. The first-order valence-electron chi connectivity index (χ1n) is 5.39. The summed E-state index contributed by atoms with van der Waals surface area (Å²) in [5.74, 6) is 1.05. The van der Waals surface area contributed by atoms with E-state index in [0.717, 1.165) is 18.6 Å². The van der Waals surface area contributed by atoms with Gasteiger partial charge >= 0.3 is 0 Å². The quantitative estimate of drug-likeness (QED) is 0.720. The molecule has 0 unspecified atom stereocenters. The van der Waals surface area contributed by atoms with Crippen molar-refractivity contribution in [3.63, 3.8) is 0 Å². The molecular weight excluding hydrogens is 184 g/mol. The molecular formula is C14H16O. The van der Waals surface area contributed by atoms with Crippen molar-refractivity contribution < 1.29 is 4.74 Å². The van der Waals surface area contributed by atoms with Crippen molar-refractivity contribution in [2.75, 3.05) is 0 Å². The molecule has 0 spiro atoms. The lowest BCUT2D eigenvalue weighted by Crippen LogP contribution is -1.97. The highest BCUT2D eigenvalue weighted by molar-refractivity contribution is 5.23. The van der Waals surface area contributed by atoms with E-state index in [1.54, 1.807) is 0 Å². The average molecular weight is 200 g/mol. The highest BCUT2D eigenvalue weighted by atomic mass is 16.5. The minimum atomic E-state index is 0.665. The van der Waals surface area contributed by atoms with E-state index >= 15 is 0 Å². The Kier molecular flexibility index (Phi) is 3.23. The molecule has 0 heterocycles. The normalized spacial score (nSPS) is 15.5. The molecule has 0 saturated heterocycles. The van der Waals surface area contributed by atoms with Gasteiger partial charge in [0.2, 0.25) is 0 Å². The molecule has 0 saturated carbocycles. The summed E-state index contributed by atoms with van der Waals surface area (Å²) in [6, 6.07) is 10.3. The molecule has 0 radical (unpaired) electrons. The smallest absolute Gasteiger partial charge is 0.118 e. The first kappa shape index (κ1) is 10.0. The van der Waals surface area contributed by atoms with Crippen molar-refractivity contribution in [2.24, 2.45) is 0 Å². The van der Waals surface area contributed by atoms with Crippen LogP contribution in [0, 0.1) is 0 Å². The lowest BCUT2D eigenvalue weighted by Gasteiger charge is -2.13. The molecule has 1 aromatic rings. The van der Waals surface area contributed by atoms with Crippen molar-refractivity contribution in [3.05, 3.63) is 59.4 Å². The van der Waals surface area contributed by atoms with Gasteiger partial charge < -0.3 is 4.74 Å². The van der Waals surface area contributed by atoms with E-state index in [4.69, 9.17) is 4.74 Å². The Balaban J connectivity index is 1.96. The zero-order valence-corrected chi connectivity index (χ0v) is 9.07. The Hall–Kier alpha value is -1.50. The van der Waals surface area contributed by atoms with E-state index in [-0.39, 0.29) is 0 Å². The van der Waals surface area contributed by atoms with Gasteiger partial charge in [0, 0.05) is 0 Å². The van der Waals surface area contributed by atoms with Crippen LogP contribution in [0.2, 0.25) is 0 Å². The van der Waals surface area contributed by atoms with E-state index in [0.29, 0.717) is 6.61 Å². The summed E-state index contributed by atoms with van der Waals surface area (Å²) in [6.07, 6.45) is 6.53. The van der Waals surface area contributed by atoms with Crippen LogP contribution in [0.1, 0.15) is 25.3 Å². The lowest BCUT2D eigenvalue weighted by molar-refractivity contribution is 0.206. The standard InChI is InChI=1S/C14H16O/c1-12-7-5-6-10-14(12)15-11-13-8-3-2-4-9-13/h2-4,6,8-10H,5,7,11H2,1H3. The maximum atomic E-state index is 5.77. The summed E-state index contributed by atoms with van der Waals surface area (Å²) in [7, 11) is 0. The maximum absolute atomic E-state index is 5.77. The van der Waals surface area contributed by atoms with E-state index in [2.05, 4.69) is 31.2 Å². The predicted octanol–water partition coefficient (Wildman–Crippen LogP) is 3.83. The summed E-state index contributed by atoms with van der Waals surface area (Å²) in [5, 5.41) is 0. The van der Waals surface area contributed by atoms with Crippen molar-refractivity contribution in [1.82, 2.24) is 0 Å². The molecule has 1 aliphatic carbocycles. The molecule has 0 amide bonds. The van der Waals surface area contributed by atoms with Crippen molar-refractivity contribution in [2.45, 2.75) is 26.4 Å². The molecule has 1 aliphatic rings. The van der Waals surface area contributed by atoms with Gasteiger partial charge in [0.25, 0.3) is 0 Å². The highest BCUT2D eigenvalue weighted by Crippen LogP contribution is 2.20. The van der Waals surface area contributed by atoms with Gasteiger partial charge in [-0.25, -0.2) is 0 Å². The summed E-state index contributed by atoms with van der Waals surface area (Å²) in [5.41, 5.74) is 2.57. The second kappa shape index (κ2) is 4.83. The number of benzene rings is 1. The second-order valence-corrected chi connectivity index (χ2v) is 3.86. The first-order valence-corrected chi connectivity index (χ1v) is 5.39. The molecule has 2 rings (SSSR count). The first-order chi connectivity index (χ1) is 7.36. The Morgan fingerprint density at radius 2 is 2.00 bits per heavy atom. The molecule has 1 nitrogen and oxygen atoms in total. The molecule has 0 bridgehead atoms. The van der Waals surface area contributed by atoms with Crippen molar-refractivity contribution in [3.8, 4) is 0 Å². The minimum Gasteiger partial charge on any atom is -0.489 e. The van der Waals surface area contributed by atoms with Gasteiger partial charge in [0.05, 0.1) is 0 Å². The summed E-state index contributed by atoms with van der Waals surface area (Å²) >= 11 is 0. The predicted molar refractivity (Wildman–Crippen MR) is 62.3 cm³/mol. The second-order valence-electron chi connectivity index (χ2n) is 3.86. The zero-order valence-electron chi connectivity index (χ0n) is 9.07. The molecule has 0 aromatic heterocycles. The van der Waals surface area contributed by atoms with Crippen LogP contribution in [0.15, 0.2) is 53.8 Å². The summed E-state index contributed by atoms with van der Waals surface area (Å²) in [4.78, 5) is 0. The lowest BCUT2D eigenvalue weighted by atomic mass is 10.1. The summed E-state index contributed by atoms with van der Waals surface area (Å²) < 4.78 is 5.77. The number of rotatable bonds is 3. The van der Waals surface area contributed by atoms with Gasteiger partial charge in [-0.2, -0.15) is 0 Å². The monoisotopic (exact) mass is 200 g/mol. The fourth-order valence-electron chi connectivity index (χ4n) is 1.66. The van der Waals surface area contributed by atoms with Crippen LogP contribution < -0.4 is 0 Å². The Morgan fingerprint density at radius 3 is 2.73 bits per heavy atom. The van der Waals surface area contributed by atoms with Gasteiger partial charge in [-0.1, -0.05) is 36.4 Å². The third-order valence-corrected chi connectivity index (χ3v) is 2.61. The summed E-state index contributed by atoms with van der Waals surface area (Å²) in [6.45, 7) is 2.81. The van der Waals surface area contributed by atoms with Gasteiger partial charge in [0.1, 0.15) is 12.4 Å². The Labute approximate surface area is 91.1 Å². The van der Waals surface area contributed by atoms with Crippen LogP contribution >= 0.6 is 0 Å². The fraction of sp³-hybridized carbons (Fsp3) is 0.286. The largest absolute Gasteiger partial charge is 0.489 e. The van der Waals surface area contributed by atoms with Crippen LogP contribution in [0.25, 0.3) is 0 Å². The van der Waals surface area contributed by atoms with Crippen molar-refractivity contribution >= 4 is 0 Å². The van der Waals surface area contributed by atoms with Crippen molar-refractivity contribution in [1.29, 1.82) is 0 Å². The van der Waals surface area contributed by atoms with Crippen LogP contribution in [0.4, 0.5) is 0 Å². The van der Waals surface area contributed by atoms with Crippen LogP contribution in [0.3, 0.4) is 0 Å².